The number of nitrogens with two attached hydrogens (primary N) is 1. The maximum atomic E-state index is 8.62. The molecule has 0 aromatic rings. The largest absolute Gasteiger partial charge is 0.409 e. The van der Waals surface area contributed by atoms with Crippen LogP contribution in [0.3, 0.4) is 0 Å². The van der Waals surface area contributed by atoms with Crippen LogP contribution in [0.1, 0.15) is 40.0 Å². The van der Waals surface area contributed by atoms with Crippen LogP contribution in [0.15, 0.2) is 17.8 Å². The first-order valence-corrected chi connectivity index (χ1v) is 5.78. The predicted octanol–water partition coefficient (Wildman–Crippen LogP) is 2.09. The fourth-order valence-electron chi connectivity index (χ4n) is 1.37. The van der Waals surface area contributed by atoms with Crippen LogP contribution in [-0.4, -0.2) is 23.6 Å². The highest BCUT2D eigenvalue weighted by Gasteiger charge is 2.22. The molecule has 0 saturated carbocycles. The zero-order valence-electron chi connectivity index (χ0n) is 10.7. The van der Waals surface area contributed by atoms with Gasteiger partial charge in [0.15, 0.2) is 0 Å². The number of oxime groups is 1. The molecule has 0 rings (SSSR count). The highest BCUT2D eigenvalue weighted by atomic mass is 16.4. The first-order valence-electron chi connectivity index (χ1n) is 5.78. The lowest BCUT2D eigenvalue weighted by atomic mass is 9.86. The smallest absolute Gasteiger partial charge is 0.144 e. The molecule has 0 fully saturated rings. The van der Waals surface area contributed by atoms with Crippen LogP contribution < -0.4 is 11.1 Å². The standard InChI is InChI=1S/C12H25N3O/c1-5-10(2)14-9-7-6-8-12(3,4)11(13)15-16/h5,10,14,16H,1,6-9H2,2-4H3,(H2,13,15). The average molecular weight is 227 g/mol. The van der Waals surface area contributed by atoms with E-state index in [-0.39, 0.29) is 5.41 Å². The Kier molecular flexibility index (Phi) is 6.81. The van der Waals surface area contributed by atoms with Crippen LogP contribution in [0.2, 0.25) is 0 Å². The molecule has 0 aromatic carbocycles. The first-order chi connectivity index (χ1) is 7.44. The highest BCUT2D eigenvalue weighted by molar-refractivity contribution is 5.85. The van der Waals surface area contributed by atoms with Gasteiger partial charge in [-0.2, -0.15) is 0 Å². The molecule has 0 aliphatic rings. The van der Waals surface area contributed by atoms with E-state index < -0.39 is 0 Å². The minimum absolute atomic E-state index is 0.223. The summed E-state index contributed by atoms with van der Waals surface area (Å²) in [6.45, 7) is 10.7. The Balaban J connectivity index is 3.70. The minimum Gasteiger partial charge on any atom is -0.409 e. The van der Waals surface area contributed by atoms with E-state index in [9.17, 15) is 0 Å². The highest BCUT2D eigenvalue weighted by Crippen LogP contribution is 2.22. The van der Waals surface area contributed by atoms with Crippen molar-refractivity contribution in [3.8, 4) is 0 Å². The number of nitrogens with zero attached hydrogens (tertiary/aromatic N) is 1. The molecule has 4 nitrogen and oxygen atoms in total. The molecule has 0 aliphatic carbocycles. The summed E-state index contributed by atoms with van der Waals surface area (Å²) in [4.78, 5) is 0. The van der Waals surface area contributed by atoms with Gasteiger partial charge < -0.3 is 16.3 Å². The minimum atomic E-state index is -0.223. The zero-order valence-corrected chi connectivity index (χ0v) is 10.7. The second-order valence-electron chi connectivity index (χ2n) is 4.80. The van der Waals surface area contributed by atoms with E-state index in [4.69, 9.17) is 10.9 Å². The van der Waals surface area contributed by atoms with E-state index >= 15 is 0 Å². The Morgan fingerprint density at radius 3 is 2.69 bits per heavy atom. The molecule has 94 valence electrons. The molecule has 0 aliphatic heterocycles. The van der Waals surface area contributed by atoms with Gasteiger partial charge in [0.1, 0.15) is 5.84 Å². The van der Waals surface area contributed by atoms with E-state index in [0.717, 1.165) is 25.8 Å². The van der Waals surface area contributed by atoms with Gasteiger partial charge in [-0.15, -0.1) is 6.58 Å². The summed E-state index contributed by atoms with van der Waals surface area (Å²) in [5, 5.41) is 15.0. The van der Waals surface area contributed by atoms with E-state index in [2.05, 4.69) is 24.0 Å². The lowest BCUT2D eigenvalue weighted by Crippen LogP contribution is -2.32. The van der Waals surface area contributed by atoms with E-state index in [1.807, 2.05) is 19.9 Å². The second-order valence-corrected chi connectivity index (χ2v) is 4.80. The van der Waals surface area contributed by atoms with Crippen LogP contribution >= 0.6 is 0 Å². The third-order valence-electron chi connectivity index (χ3n) is 2.85. The maximum Gasteiger partial charge on any atom is 0.144 e. The molecule has 1 atom stereocenters. The number of nitrogens with one attached hydrogen (secondary N) is 1. The van der Waals surface area contributed by atoms with E-state index in [1.165, 1.54) is 0 Å². The van der Waals surface area contributed by atoms with Crippen molar-refractivity contribution in [2.24, 2.45) is 16.3 Å². The Labute approximate surface area is 98.6 Å². The number of rotatable bonds is 8. The third-order valence-corrected chi connectivity index (χ3v) is 2.85. The Morgan fingerprint density at radius 2 is 2.19 bits per heavy atom. The molecule has 0 amide bonds. The monoisotopic (exact) mass is 227 g/mol. The van der Waals surface area contributed by atoms with Gasteiger partial charge in [0.2, 0.25) is 0 Å². The molecule has 4 heteroatoms. The van der Waals surface area contributed by atoms with Crippen LogP contribution in [0.5, 0.6) is 0 Å². The van der Waals surface area contributed by atoms with Crippen molar-refractivity contribution in [3.63, 3.8) is 0 Å². The zero-order chi connectivity index (χ0) is 12.6. The van der Waals surface area contributed by atoms with Crippen LogP contribution in [0.25, 0.3) is 0 Å². The quantitative estimate of drug-likeness (QED) is 0.148. The molecule has 16 heavy (non-hydrogen) atoms. The van der Waals surface area contributed by atoms with E-state index in [1.54, 1.807) is 0 Å². The van der Waals surface area contributed by atoms with Crippen molar-refractivity contribution in [3.05, 3.63) is 12.7 Å². The van der Waals surface area contributed by atoms with Gasteiger partial charge in [-0.05, 0) is 26.3 Å². The van der Waals surface area contributed by atoms with Crippen molar-refractivity contribution in [2.75, 3.05) is 6.54 Å². The topological polar surface area (TPSA) is 70.6 Å². The summed E-state index contributed by atoms with van der Waals surface area (Å²) in [7, 11) is 0. The van der Waals surface area contributed by atoms with Gasteiger partial charge in [-0.25, -0.2) is 0 Å². The molecular weight excluding hydrogens is 202 g/mol. The molecule has 0 saturated heterocycles. The Hall–Kier alpha value is -1.03. The summed E-state index contributed by atoms with van der Waals surface area (Å²) in [5.74, 6) is 0.305. The number of hydrogen-bond acceptors (Lipinski definition) is 3. The lowest BCUT2D eigenvalue weighted by molar-refractivity contribution is 0.304. The van der Waals surface area contributed by atoms with Gasteiger partial charge in [-0.1, -0.05) is 31.5 Å². The predicted molar refractivity (Wildman–Crippen MR) is 68.7 cm³/mol. The van der Waals surface area contributed by atoms with Crippen molar-refractivity contribution < 1.29 is 5.21 Å². The summed E-state index contributed by atoms with van der Waals surface area (Å²) in [6.07, 6.45) is 4.95. The summed E-state index contributed by atoms with van der Waals surface area (Å²) in [5.41, 5.74) is 5.38. The fraction of sp³-hybridized carbons (Fsp3) is 0.750. The van der Waals surface area contributed by atoms with Crippen molar-refractivity contribution in [2.45, 2.75) is 46.1 Å². The van der Waals surface area contributed by atoms with Crippen molar-refractivity contribution >= 4 is 5.84 Å². The second kappa shape index (κ2) is 7.28. The van der Waals surface area contributed by atoms with Gasteiger partial charge in [-0.3, -0.25) is 0 Å². The molecule has 0 bridgehead atoms. The first kappa shape index (κ1) is 15.0. The van der Waals surface area contributed by atoms with Gasteiger partial charge in [0.05, 0.1) is 0 Å². The molecule has 0 spiro atoms. The van der Waals surface area contributed by atoms with E-state index in [0.29, 0.717) is 11.9 Å². The summed E-state index contributed by atoms with van der Waals surface area (Å²) < 4.78 is 0. The van der Waals surface area contributed by atoms with Gasteiger partial charge in [0.25, 0.3) is 0 Å². The summed E-state index contributed by atoms with van der Waals surface area (Å²) in [6, 6.07) is 0.358. The fourth-order valence-corrected chi connectivity index (χ4v) is 1.37. The number of unbranched alkanes of at least 4 members (excludes halogenated alkanes) is 1. The normalized spacial score (nSPS) is 14.8. The van der Waals surface area contributed by atoms with Gasteiger partial charge in [0, 0.05) is 11.5 Å². The third kappa shape index (κ3) is 5.75. The maximum absolute atomic E-state index is 8.62. The van der Waals surface area contributed by atoms with Crippen molar-refractivity contribution in [1.29, 1.82) is 0 Å². The summed E-state index contributed by atoms with van der Waals surface area (Å²) >= 11 is 0. The molecule has 0 aromatic heterocycles. The number of amidine groups is 1. The molecule has 0 radical (unpaired) electrons. The van der Waals surface area contributed by atoms with Crippen LogP contribution in [0.4, 0.5) is 0 Å². The Morgan fingerprint density at radius 1 is 1.56 bits per heavy atom. The molecule has 1 unspecified atom stereocenters. The van der Waals surface area contributed by atoms with Crippen LogP contribution in [0, 0.1) is 5.41 Å². The Bertz CT molecular complexity index is 236. The van der Waals surface area contributed by atoms with Crippen LogP contribution in [-0.2, 0) is 0 Å². The molecule has 0 heterocycles. The lowest BCUT2D eigenvalue weighted by Gasteiger charge is -2.22. The van der Waals surface area contributed by atoms with Crippen molar-refractivity contribution in [1.82, 2.24) is 5.32 Å². The van der Waals surface area contributed by atoms with Gasteiger partial charge >= 0.3 is 0 Å². The SMILES string of the molecule is C=CC(C)NCCCCC(C)(C)/C(N)=N/O. The average Bonchev–Trinajstić information content (AvgIpc) is 2.26. The molecular formula is C12H25N3O. The number of hydrogen-bond donors (Lipinski definition) is 3. The molecule has 4 N–H and O–H groups in total.